The number of benzene rings is 1. The van der Waals surface area contributed by atoms with Crippen molar-refractivity contribution in [3.8, 4) is 11.1 Å². The number of rotatable bonds is 2. The van der Waals surface area contributed by atoms with Gasteiger partial charge in [0.05, 0.1) is 7.11 Å². The fourth-order valence-electron chi connectivity index (χ4n) is 3.35. The van der Waals surface area contributed by atoms with E-state index in [1.807, 2.05) is 30.3 Å². The van der Waals surface area contributed by atoms with Crippen LogP contribution in [0.1, 0.15) is 37.9 Å². The van der Waals surface area contributed by atoms with E-state index in [4.69, 9.17) is 9.47 Å². The zero-order chi connectivity index (χ0) is 19.6. The van der Waals surface area contributed by atoms with E-state index in [2.05, 4.69) is 4.98 Å². The second-order valence-corrected chi connectivity index (χ2v) is 7.46. The lowest BCUT2D eigenvalue weighted by Gasteiger charge is -2.37. The van der Waals surface area contributed by atoms with Crippen molar-refractivity contribution in [3.05, 3.63) is 53.9 Å². The summed E-state index contributed by atoms with van der Waals surface area (Å²) >= 11 is 0. The minimum atomic E-state index is -0.824. The molecule has 1 amide bonds. The molecule has 2 aromatic rings. The minimum Gasteiger partial charge on any atom is -0.467 e. The number of hydrogen-bond donors (Lipinski definition) is 0. The third-order valence-corrected chi connectivity index (χ3v) is 4.46. The highest BCUT2D eigenvalue weighted by Crippen LogP contribution is 2.37. The number of fused-ring (bicyclic) bond motifs is 1. The lowest BCUT2D eigenvalue weighted by Crippen LogP contribution is -2.46. The van der Waals surface area contributed by atoms with Crippen LogP contribution in [0.15, 0.2) is 42.7 Å². The van der Waals surface area contributed by atoms with Gasteiger partial charge in [-0.3, -0.25) is 9.88 Å². The molecule has 0 spiro atoms. The lowest BCUT2D eigenvalue weighted by atomic mass is 9.87. The van der Waals surface area contributed by atoms with Crippen molar-refractivity contribution >= 4 is 12.1 Å². The molecule has 27 heavy (non-hydrogen) atoms. The molecule has 0 unspecified atom stereocenters. The summed E-state index contributed by atoms with van der Waals surface area (Å²) < 4.78 is 10.5. The Morgan fingerprint density at radius 3 is 2.48 bits per heavy atom. The first-order chi connectivity index (χ1) is 12.8. The summed E-state index contributed by atoms with van der Waals surface area (Å²) in [6.07, 6.45) is 3.59. The monoisotopic (exact) mass is 368 g/mol. The van der Waals surface area contributed by atoms with Crippen LogP contribution in [0.4, 0.5) is 4.79 Å². The van der Waals surface area contributed by atoms with Crippen molar-refractivity contribution in [1.82, 2.24) is 9.88 Å². The molecule has 0 aliphatic carbocycles. The van der Waals surface area contributed by atoms with Gasteiger partial charge in [-0.2, -0.15) is 0 Å². The average Bonchev–Trinajstić information content (AvgIpc) is 2.65. The van der Waals surface area contributed by atoms with E-state index in [0.29, 0.717) is 13.0 Å². The number of carbonyl (C=O) groups is 2. The third kappa shape index (κ3) is 3.94. The quantitative estimate of drug-likeness (QED) is 0.755. The molecule has 6 heteroatoms. The van der Waals surface area contributed by atoms with Crippen molar-refractivity contribution in [3.63, 3.8) is 0 Å². The SMILES string of the molecule is COC(=O)[C@H]1c2cccc(-c3ccncc3)c2CCN1C(=O)OC(C)(C)C. The van der Waals surface area contributed by atoms with Gasteiger partial charge in [-0.05, 0) is 61.6 Å². The Bertz CT molecular complexity index is 843. The topological polar surface area (TPSA) is 68.7 Å². The number of nitrogens with zero attached hydrogens (tertiary/aromatic N) is 2. The summed E-state index contributed by atoms with van der Waals surface area (Å²) in [5.74, 6) is -0.478. The van der Waals surface area contributed by atoms with E-state index in [-0.39, 0.29) is 0 Å². The van der Waals surface area contributed by atoms with E-state index in [1.165, 1.54) is 12.0 Å². The maximum absolute atomic E-state index is 12.7. The number of pyridine rings is 1. The molecule has 2 heterocycles. The van der Waals surface area contributed by atoms with Crippen LogP contribution in [0.3, 0.4) is 0 Å². The van der Waals surface area contributed by atoms with Crippen LogP contribution in [-0.4, -0.2) is 41.2 Å². The van der Waals surface area contributed by atoms with Crippen molar-refractivity contribution < 1.29 is 19.1 Å². The summed E-state index contributed by atoms with van der Waals surface area (Å²) in [7, 11) is 1.33. The van der Waals surface area contributed by atoms with Crippen LogP contribution in [0.2, 0.25) is 0 Å². The number of methoxy groups -OCH3 is 1. The Hall–Kier alpha value is -2.89. The van der Waals surface area contributed by atoms with Crippen molar-refractivity contribution in [2.75, 3.05) is 13.7 Å². The van der Waals surface area contributed by atoms with E-state index in [1.54, 1.807) is 33.2 Å². The largest absolute Gasteiger partial charge is 0.467 e. The van der Waals surface area contributed by atoms with E-state index in [0.717, 1.165) is 22.3 Å². The first kappa shape index (κ1) is 18.9. The van der Waals surface area contributed by atoms with Gasteiger partial charge in [0, 0.05) is 18.9 Å². The molecule has 0 saturated heterocycles. The molecular formula is C21H24N2O4. The molecule has 0 saturated carbocycles. The van der Waals surface area contributed by atoms with Crippen LogP contribution >= 0.6 is 0 Å². The van der Waals surface area contributed by atoms with Crippen LogP contribution in [-0.2, 0) is 20.7 Å². The second-order valence-electron chi connectivity index (χ2n) is 7.46. The molecule has 1 aromatic heterocycles. The highest BCUT2D eigenvalue weighted by atomic mass is 16.6. The second kappa shape index (κ2) is 7.39. The van der Waals surface area contributed by atoms with Gasteiger partial charge >= 0.3 is 12.1 Å². The first-order valence-electron chi connectivity index (χ1n) is 8.91. The van der Waals surface area contributed by atoms with Crippen LogP contribution in [0.5, 0.6) is 0 Å². The molecule has 1 atom stereocenters. The lowest BCUT2D eigenvalue weighted by molar-refractivity contribution is -0.147. The third-order valence-electron chi connectivity index (χ3n) is 4.46. The van der Waals surface area contributed by atoms with Gasteiger partial charge in [-0.15, -0.1) is 0 Å². The standard InChI is InChI=1S/C21H24N2O4/c1-21(2,3)27-20(25)23-13-10-16-15(14-8-11-22-12-9-14)6-5-7-17(16)18(23)19(24)26-4/h5-9,11-12,18H,10,13H2,1-4H3/t18-/m1/s1. The molecule has 1 aliphatic heterocycles. The molecule has 1 aliphatic rings. The van der Waals surface area contributed by atoms with Gasteiger partial charge in [0.25, 0.3) is 0 Å². The maximum Gasteiger partial charge on any atom is 0.411 e. The van der Waals surface area contributed by atoms with Crippen molar-refractivity contribution in [2.45, 2.75) is 38.8 Å². The van der Waals surface area contributed by atoms with Crippen molar-refractivity contribution in [2.24, 2.45) is 0 Å². The van der Waals surface area contributed by atoms with Crippen LogP contribution < -0.4 is 0 Å². The fourth-order valence-corrected chi connectivity index (χ4v) is 3.35. The molecule has 0 bridgehead atoms. The Morgan fingerprint density at radius 1 is 1.15 bits per heavy atom. The summed E-state index contributed by atoms with van der Waals surface area (Å²) in [4.78, 5) is 30.8. The molecule has 0 fully saturated rings. The van der Waals surface area contributed by atoms with Crippen molar-refractivity contribution in [1.29, 1.82) is 0 Å². The summed E-state index contributed by atoms with van der Waals surface area (Å²) in [5.41, 5.74) is 3.23. The molecule has 0 N–H and O–H groups in total. The van der Waals surface area contributed by atoms with Gasteiger partial charge in [0.1, 0.15) is 5.60 Å². The molecule has 0 radical (unpaired) electrons. The average molecular weight is 368 g/mol. The number of hydrogen-bond acceptors (Lipinski definition) is 5. The normalized spacial score (nSPS) is 16.4. The maximum atomic E-state index is 12.7. The van der Waals surface area contributed by atoms with Gasteiger partial charge in [-0.25, -0.2) is 9.59 Å². The number of aromatic nitrogens is 1. The molecule has 6 nitrogen and oxygen atoms in total. The summed E-state index contributed by atoms with van der Waals surface area (Å²) in [6, 6.07) is 8.83. The Kier molecular flexibility index (Phi) is 5.17. The highest BCUT2D eigenvalue weighted by molar-refractivity contribution is 5.85. The van der Waals surface area contributed by atoms with Gasteiger partial charge in [0.2, 0.25) is 0 Å². The van der Waals surface area contributed by atoms with Gasteiger partial charge in [-0.1, -0.05) is 18.2 Å². The zero-order valence-electron chi connectivity index (χ0n) is 16.1. The van der Waals surface area contributed by atoms with Gasteiger partial charge < -0.3 is 9.47 Å². The number of carbonyl (C=O) groups excluding carboxylic acids is 2. The highest BCUT2D eigenvalue weighted by Gasteiger charge is 2.39. The van der Waals surface area contributed by atoms with Gasteiger partial charge in [0.15, 0.2) is 6.04 Å². The summed E-state index contributed by atoms with van der Waals surface area (Å²) in [6.45, 7) is 5.79. The smallest absolute Gasteiger partial charge is 0.411 e. The molecule has 1 aromatic carbocycles. The molecule has 3 rings (SSSR count). The van der Waals surface area contributed by atoms with E-state index in [9.17, 15) is 9.59 Å². The fraction of sp³-hybridized carbons (Fsp3) is 0.381. The Morgan fingerprint density at radius 2 is 1.85 bits per heavy atom. The molecular weight excluding hydrogens is 344 g/mol. The number of esters is 1. The Labute approximate surface area is 159 Å². The zero-order valence-corrected chi connectivity index (χ0v) is 16.1. The predicted octanol–water partition coefficient (Wildman–Crippen LogP) is 3.76. The molecule has 142 valence electrons. The van der Waals surface area contributed by atoms with Crippen LogP contribution in [0.25, 0.3) is 11.1 Å². The van der Waals surface area contributed by atoms with E-state index >= 15 is 0 Å². The number of ether oxygens (including phenoxy) is 2. The van der Waals surface area contributed by atoms with Crippen LogP contribution in [0, 0.1) is 0 Å². The van der Waals surface area contributed by atoms with E-state index < -0.39 is 23.7 Å². The minimum absolute atomic E-state index is 0.379. The Balaban J connectivity index is 2.05. The first-order valence-corrected chi connectivity index (χ1v) is 8.91. The summed E-state index contributed by atoms with van der Waals surface area (Å²) in [5, 5.41) is 0. The number of amides is 1. The predicted molar refractivity (Wildman–Crippen MR) is 101 cm³/mol.